The molecule has 0 spiro atoms. The molecule has 0 aromatic carbocycles. The summed E-state index contributed by atoms with van der Waals surface area (Å²) >= 11 is 0. The zero-order valence-corrected chi connectivity index (χ0v) is 11.5. The largest absolute Gasteiger partial charge is 0.342 e. The Morgan fingerprint density at radius 1 is 1.11 bits per heavy atom. The van der Waals surface area contributed by atoms with Gasteiger partial charge in [-0.15, -0.1) is 0 Å². The van der Waals surface area contributed by atoms with Crippen molar-refractivity contribution in [1.82, 2.24) is 10.2 Å². The molecule has 1 amide bonds. The molecule has 4 atom stereocenters. The number of hydrogen-bond acceptors (Lipinski definition) is 2. The number of hydrogen-bond donors (Lipinski definition) is 1. The molecule has 3 fully saturated rings. The van der Waals surface area contributed by atoms with Crippen LogP contribution in [-0.4, -0.2) is 37.0 Å². The van der Waals surface area contributed by atoms with Crippen LogP contribution in [0.15, 0.2) is 0 Å². The Hall–Kier alpha value is -0.570. The molecule has 1 saturated carbocycles. The van der Waals surface area contributed by atoms with Crippen molar-refractivity contribution in [2.75, 3.05) is 26.2 Å². The van der Waals surface area contributed by atoms with Crippen LogP contribution in [0.3, 0.4) is 0 Å². The van der Waals surface area contributed by atoms with E-state index in [0.29, 0.717) is 11.8 Å². The first-order chi connectivity index (χ1) is 8.75. The fraction of sp³-hybridized carbons (Fsp3) is 0.933. The highest BCUT2D eigenvalue weighted by Crippen LogP contribution is 2.36. The highest BCUT2D eigenvalue weighted by atomic mass is 16.2. The van der Waals surface area contributed by atoms with Gasteiger partial charge in [-0.25, -0.2) is 0 Å². The maximum Gasteiger partial charge on any atom is 0.227 e. The van der Waals surface area contributed by atoms with E-state index in [4.69, 9.17) is 0 Å². The van der Waals surface area contributed by atoms with E-state index < -0.39 is 0 Å². The fourth-order valence-corrected chi connectivity index (χ4v) is 4.18. The third-order valence-electron chi connectivity index (χ3n) is 5.44. The Morgan fingerprint density at radius 3 is 2.61 bits per heavy atom. The Bertz CT molecular complexity index is 318. The molecule has 2 aliphatic heterocycles. The lowest BCUT2D eigenvalue weighted by Crippen LogP contribution is -2.48. The molecule has 2 saturated heterocycles. The molecule has 0 bridgehead atoms. The van der Waals surface area contributed by atoms with Crippen molar-refractivity contribution in [2.45, 2.75) is 39.0 Å². The van der Waals surface area contributed by atoms with Crippen LogP contribution < -0.4 is 5.32 Å². The number of piperidine rings is 1. The van der Waals surface area contributed by atoms with Crippen LogP contribution in [-0.2, 0) is 4.79 Å². The van der Waals surface area contributed by atoms with Crippen molar-refractivity contribution in [3.8, 4) is 0 Å². The smallest absolute Gasteiger partial charge is 0.227 e. The second kappa shape index (κ2) is 5.20. The number of nitrogens with zero attached hydrogens (tertiary/aromatic N) is 1. The van der Waals surface area contributed by atoms with Crippen LogP contribution in [0.25, 0.3) is 0 Å². The number of amides is 1. The monoisotopic (exact) mass is 250 g/mol. The quantitative estimate of drug-likeness (QED) is 0.770. The molecule has 2 unspecified atom stereocenters. The van der Waals surface area contributed by atoms with Crippen LogP contribution in [0.1, 0.15) is 39.0 Å². The summed E-state index contributed by atoms with van der Waals surface area (Å²) < 4.78 is 0. The summed E-state index contributed by atoms with van der Waals surface area (Å²) in [7, 11) is 0. The predicted molar refractivity (Wildman–Crippen MR) is 72.2 cm³/mol. The average Bonchev–Trinajstić information content (AvgIpc) is 2.83. The van der Waals surface area contributed by atoms with Gasteiger partial charge in [0.15, 0.2) is 0 Å². The van der Waals surface area contributed by atoms with Crippen LogP contribution in [0.5, 0.6) is 0 Å². The first kappa shape index (κ1) is 12.5. The van der Waals surface area contributed by atoms with E-state index in [1.165, 1.54) is 32.1 Å². The molecule has 0 aromatic heterocycles. The lowest BCUT2D eigenvalue weighted by atomic mass is 9.75. The van der Waals surface area contributed by atoms with Crippen molar-refractivity contribution < 1.29 is 4.79 Å². The van der Waals surface area contributed by atoms with E-state index in [1.54, 1.807) is 0 Å². The fourth-order valence-electron chi connectivity index (χ4n) is 4.18. The Balaban J connectivity index is 1.61. The van der Waals surface area contributed by atoms with Gasteiger partial charge in [0.1, 0.15) is 0 Å². The van der Waals surface area contributed by atoms with Gasteiger partial charge in [-0.05, 0) is 37.1 Å². The standard InChI is InChI=1S/C15H26N2O/c1-11-8-16-9-14(11)15(18)17-7-6-12-4-2-3-5-13(12)10-17/h11-14,16H,2-10H2,1H3/t11-,12?,13?,14-/m1/s1. The van der Waals surface area contributed by atoms with E-state index in [2.05, 4.69) is 17.1 Å². The van der Waals surface area contributed by atoms with Gasteiger partial charge in [0.2, 0.25) is 5.91 Å². The summed E-state index contributed by atoms with van der Waals surface area (Å²) in [4.78, 5) is 14.8. The molecule has 0 aromatic rings. The zero-order valence-electron chi connectivity index (χ0n) is 11.5. The molecule has 102 valence electrons. The molecule has 3 heteroatoms. The van der Waals surface area contributed by atoms with E-state index in [9.17, 15) is 4.79 Å². The highest BCUT2D eigenvalue weighted by molar-refractivity contribution is 5.79. The third kappa shape index (κ3) is 2.29. The van der Waals surface area contributed by atoms with E-state index in [0.717, 1.165) is 38.0 Å². The summed E-state index contributed by atoms with van der Waals surface area (Å²) in [6.45, 7) is 6.17. The van der Waals surface area contributed by atoms with Gasteiger partial charge in [-0.3, -0.25) is 4.79 Å². The summed E-state index contributed by atoms with van der Waals surface area (Å²) in [5.74, 6) is 2.91. The SMILES string of the molecule is C[C@@H]1CNC[C@H]1C(=O)N1CCC2CCCCC2C1. The van der Waals surface area contributed by atoms with Crippen LogP contribution in [0, 0.1) is 23.7 Å². The minimum absolute atomic E-state index is 0.241. The molecule has 3 aliphatic rings. The van der Waals surface area contributed by atoms with Gasteiger partial charge >= 0.3 is 0 Å². The minimum Gasteiger partial charge on any atom is -0.342 e. The van der Waals surface area contributed by atoms with Gasteiger partial charge in [0, 0.05) is 19.6 Å². The van der Waals surface area contributed by atoms with Gasteiger partial charge in [-0.2, -0.15) is 0 Å². The average molecular weight is 250 g/mol. The zero-order chi connectivity index (χ0) is 12.5. The van der Waals surface area contributed by atoms with Crippen LogP contribution >= 0.6 is 0 Å². The van der Waals surface area contributed by atoms with Crippen molar-refractivity contribution in [2.24, 2.45) is 23.7 Å². The first-order valence-corrected chi connectivity index (χ1v) is 7.75. The number of fused-ring (bicyclic) bond motifs is 1. The number of likely N-dealkylation sites (tertiary alicyclic amines) is 1. The van der Waals surface area contributed by atoms with Crippen molar-refractivity contribution in [1.29, 1.82) is 0 Å². The topological polar surface area (TPSA) is 32.3 Å². The highest BCUT2D eigenvalue weighted by Gasteiger charge is 2.37. The number of carbonyl (C=O) groups is 1. The van der Waals surface area contributed by atoms with Crippen LogP contribution in [0.4, 0.5) is 0 Å². The molecule has 3 nitrogen and oxygen atoms in total. The van der Waals surface area contributed by atoms with Gasteiger partial charge in [0.25, 0.3) is 0 Å². The lowest BCUT2D eigenvalue weighted by molar-refractivity contribution is -0.139. The number of carbonyl (C=O) groups excluding carboxylic acids is 1. The van der Waals surface area contributed by atoms with E-state index in [1.807, 2.05) is 0 Å². The first-order valence-electron chi connectivity index (χ1n) is 7.75. The second-order valence-electron chi connectivity index (χ2n) is 6.62. The third-order valence-corrected chi connectivity index (χ3v) is 5.44. The maximum absolute atomic E-state index is 12.6. The lowest BCUT2D eigenvalue weighted by Gasteiger charge is -2.42. The summed E-state index contributed by atoms with van der Waals surface area (Å²) in [5.41, 5.74) is 0. The Morgan fingerprint density at radius 2 is 1.89 bits per heavy atom. The molecular weight excluding hydrogens is 224 g/mol. The number of rotatable bonds is 1. The Kier molecular flexibility index (Phi) is 3.60. The van der Waals surface area contributed by atoms with Crippen molar-refractivity contribution >= 4 is 5.91 Å². The maximum atomic E-state index is 12.6. The Labute approximate surface area is 110 Å². The van der Waals surface area contributed by atoms with Crippen molar-refractivity contribution in [3.05, 3.63) is 0 Å². The van der Waals surface area contributed by atoms with Gasteiger partial charge < -0.3 is 10.2 Å². The van der Waals surface area contributed by atoms with Crippen LogP contribution in [0.2, 0.25) is 0 Å². The van der Waals surface area contributed by atoms with Gasteiger partial charge in [-0.1, -0.05) is 26.2 Å². The minimum atomic E-state index is 0.241. The summed E-state index contributed by atoms with van der Waals surface area (Å²) in [6, 6.07) is 0. The molecule has 1 N–H and O–H groups in total. The second-order valence-corrected chi connectivity index (χ2v) is 6.62. The summed E-state index contributed by atoms with van der Waals surface area (Å²) in [5, 5.41) is 3.35. The molecule has 18 heavy (non-hydrogen) atoms. The summed E-state index contributed by atoms with van der Waals surface area (Å²) in [6.07, 6.45) is 6.81. The molecule has 2 heterocycles. The molecule has 0 radical (unpaired) electrons. The van der Waals surface area contributed by atoms with E-state index in [-0.39, 0.29) is 5.92 Å². The normalized spacial score (nSPS) is 40.6. The predicted octanol–water partition coefficient (Wildman–Crippen LogP) is 1.88. The van der Waals surface area contributed by atoms with Crippen molar-refractivity contribution in [3.63, 3.8) is 0 Å². The number of nitrogens with one attached hydrogen (secondary N) is 1. The molecule has 3 rings (SSSR count). The van der Waals surface area contributed by atoms with E-state index >= 15 is 0 Å². The molecular formula is C15H26N2O. The molecule has 1 aliphatic carbocycles. The van der Waals surface area contributed by atoms with Gasteiger partial charge in [0.05, 0.1) is 5.92 Å².